The number of nitrogens with zero attached hydrogens (tertiary/aromatic N) is 1. The van der Waals surface area contributed by atoms with E-state index in [9.17, 15) is 24.1 Å². The van der Waals surface area contributed by atoms with Crippen molar-refractivity contribution in [2.24, 2.45) is 0 Å². The summed E-state index contributed by atoms with van der Waals surface area (Å²) in [5, 5.41) is 13.5. The number of benzene rings is 2. The molecule has 29 heavy (non-hydrogen) atoms. The van der Waals surface area contributed by atoms with E-state index < -0.39 is 23.4 Å². The lowest BCUT2D eigenvalue weighted by atomic mass is 10.1. The maximum absolute atomic E-state index is 13.0. The molecule has 2 aromatic carbocycles. The molecule has 3 rings (SSSR count). The van der Waals surface area contributed by atoms with Gasteiger partial charge < -0.3 is 10.1 Å². The second kappa shape index (κ2) is 8.61. The summed E-state index contributed by atoms with van der Waals surface area (Å²) in [5.74, 6) is -1.64. The van der Waals surface area contributed by atoms with Crippen LogP contribution in [0.1, 0.15) is 15.2 Å². The molecule has 0 aliphatic heterocycles. The van der Waals surface area contributed by atoms with Crippen LogP contribution in [0, 0.1) is 22.9 Å². The number of nitrogens with one attached hydrogen (secondary N) is 1. The zero-order chi connectivity index (χ0) is 21.0. The zero-order valence-electron chi connectivity index (χ0n) is 15.2. The summed E-state index contributed by atoms with van der Waals surface area (Å²) in [4.78, 5) is 35.7. The number of rotatable bonds is 6. The van der Waals surface area contributed by atoms with E-state index in [-0.39, 0.29) is 17.2 Å². The van der Waals surface area contributed by atoms with Crippen molar-refractivity contribution in [2.45, 2.75) is 6.92 Å². The van der Waals surface area contributed by atoms with Crippen molar-refractivity contribution >= 4 is 34.6 Å². The summed E-state index contributed by atoms with van der Waals surface area (Å²) in [6.07, 6.45) is 0. The molecule has 1 heterocycles. The number of halogens is 1. The quantitative estimate of drug-likeness (QED) is 0.362. The molecular weight excluding hydrogens is 399 g/mol. The van der Waals surface area contributed by atoms with Gasteiger partial charge in [-0.3, -0.25) is 14.9 Å². The molecule has 0 aliphatic carbocycles. The number of nitro benzene ring substituents is 1. The van der Waals surface area contributed by atoms with E-state index in [4.69, 9.17) is 4.74 Å². The van der Waals surface area contributed by atoms with E-state index in [0.717, 1.165) is 21.8 Å². The Bertz CT molecular complexity index is 1080. The fraction of sp³-hybridized carbons (Fsp3) is 0.100. The normalized spacial score (nSPS) is 10.4. The SMILES string of the molecule is Cc1c(NC(=O)COC(=O)c2ccc(-c3ccc(F)cc3)s2)cccc1[N+](=O)[O-]. The summed E-state index contributed by atoms with van der Waals surface area (Å²) in [6.45, 7) is 0.979. The van der Waals surface area contributed by atoms with E-state index in [2.05, 4.69) is 5.32 Å². The Balaban J connectivity index is 1.60. The van der Waals surface area contributed by atoms with E-state index >= 15 is 0 Å². The molecule has 1 amide bonds. The van der Waals surface area contributed by atoms with Gasteiger partial charge in [-0.25, -0.2) is 9.18 Å². The van der Waals surface area contributed by atoms with Gasteiger partial charge in [0.25, 0.3) is 11.6 Å². The highest BCUT2D eigenvalue weighted by Crippen LogP contribution is 2.29. The lowest BCUT2D eigenvalue weighted by molar-refractivity contribution is -0.385. The van der Waals surface area contributed by atoms with Crippen LogP contribution in [0.5, 0.6) is 0 Å². The van der Waals surface area contributed by atoms with Crippen molar-refractivity contribution in [1.29, 1.82) is 0 Å². The Labute approximate surface area is 168 Å². The number of nitro groups is 1. The van der Waals surface area contributed by atoms with Crippen molar-refractivity contribution in [1.82, 2.24) is 0 Å². The zero-order valence-corrected chi connectivity index (χ0v) is 16.0. The van der Waals surface area contributed by atoms with Gasteiger partial charge in [0.15, 0.2) is 6.61 Å². The number of thiophene rings is 1. The van der Waals surface area contributed by atoms with Gasteiger partial charge in [-0.2, -0.15) is 0 Å². The first-order valence-electron chi connectivity index (χ1n) is 8.42. The third-order valence-corrected chi connectivity index (χ3v) is 5.16. The standard InChI is InChI=1S/C20H15FN2O5S/c1-12-15(3-2-4-16(12)23(26)27)22-19(24)11-28-20(25)18-10-9-17(29-18)13-5-7-14(21)8-6-13/h2-10H,11H2,1H3,(H,22,24). The maximum atomic E-state index is 13.0. The Morgan fingerprint density at radius 2 is 1.86 bits per heavy atom. The Hall–Kier alpha value is -3.59. The maximum Gasteiger partial charge on any atom is 0.348 e. The minimum atomic E-state index is -0.672. The lowest BCUT2D eigenvalue weighted by Gasteiger charge is -2.08. The first-order chi connectivity index (χ1) is 13.8. The van der Waals surface area contributed by atoms with Crippen LogP contribution in [-0.2, 0) is 9.53 Å². The molecule has 0 radical (unpaired) electrons. The average molecular weight is 414 g/mol. The minimum absolute atomic E-state index is 0.119. The van der Waals surface area contributed by atoms with Crippen LogP contribution in [0.15, 0.2) is 54.6 Å². The van der Waals surface area contributed by atoms with Gasteiger partial charge in [0.05, 0.1) is 16.2 Å². The molecule has 0 saturated carbocycles. The molecule has 0 fully saturated rings. The lowest BCUT2D eigenvalue weighted by Crippen LogP contribution is -2.21. The molecular formula is C20H15FN2O5S. The van der Waals surface area contributed by atoms with Crippen molar-refractivity contribution in [2.75, 3.05) is 11.9 Å². The number of anilines is 1. The predicted molar refractivity (Wildman–Crippen MR) is 106 cm³/mol. The van der Waals surface area contributed by atoms with E-state index in [1.165, 1.54) is 37.3 Å². The number of amides is 1. The van der Waals surface area contributed by atoms with Crippen LogP contribution in [0.2, 0.25) is 0 Å². The number of carbonyl (C=O) groups excluding carboxylic acids is 2. The second-order valence-corrected chi connectivity index (χ2v) is 7.09. The molecule has 148 valence electrons. The third kappa shape index (κ3) is 4.82. The van der Waals surface area contributed by atoms with Gasteiger partial charge in [0.1, 0.15) is 10.7 Å². The van der Waals surface area contributed by atoms with Crippen LogP contribution < -0.4 is 5.32 Å². The van der Waals surface area contributed by atoms with E-state index in [1.54, 1.807) is 24.3 Å². The highest BCUT2D eigenvalue weighted by molar-refractivity contribution is 7.17. The number of hydrogen-bond acceptors (Lipinski definition) is 6. The van der Waals surface area contributed by atoms with Gasteiger partial charge in [0.2, 0.25) is 0 Å². The average Bonchev–Trinajstić information content (AvgIpc) is 3.18. The number of hydrogen-bond donors (Lipinski definition) is 1. The molecule has 1 N–H and O–H groups in total. The Kier molecular flexibility index (Phi) is 5.99. The smallest absolute Gasteiger partial charge is 0.348 e. The predicted octanol–water partition coefficient (Wildman–Crippen LogP) is 4.57. The highest BCUT2D eigenvalue weighted by atomic mass is 32.1. The fourth-order valence-corrected chi connectivity index (χ4v) is 3.47. The number of carbonyl (C=O) groups is 2. The summed E-state index contributed by atoms with van der Waals surface area (Å²) >= 11 is 1.16. The molecule has 0 saturated heterocycles. The van der Waals surface area contributed by atoms with Crippen LogP contribution in [0.3, 0.4) is 0 Å². The molecule has 0 unspecified atom stereocenters. The van der Waals surface area contributed by atoms with Crippen molar-refractivity contribution in [3.8, 4) is 10.4 Å². The topological polar surface area (TPSA) is 98.5 Å². The summed E-state index contributed by atoms with van der Waals surface area (Å²) in [7, 11) is 0. The molecule has 0 bridgehead atoms. The first-order valence-corrected chi connectivity index (χ1v) is 9.23. The Morgan fingerprint density at radius 1 is 1.14 bits per heavy atom. The van der Waals surface area contributed by atoms with Gasteiger partial charge in [-0.05, 0) is 42.8 Å². The molecule has 3 aromatic rings. The molecule has 0 aliphatic rings. The monoisotopic (exact) mass is 414 g/mol. The van der Waals surface area contributed by atoms with E-state index in [1.807, 2.05) is 0 Å². The van der Waals surface area contributed by atoms with Crippen molar-refractivity contribution < 1.29 is 23.6 Å². The van der Waals surface area contributed by atoms with Crippen LogP contribution in [-0.4, -0.2) is 23.4 Å². The highest BCUT2D eigenvalue weighted by Gasteiger charge is 2.17. The minimum Gasteiger partial charge on any atom is -0.451 e. The van der Waals surface area contributed by atoms with E-state index in [0.29, 0.717) is 10.4 Å². The molecule has 1 aromatic heterocycles. The van der Waals surface area contributed by atoms with Crippen molar-refractivity contribution in [3.63, 3.8) is 0 Å². The van der Waals surface area contributed by atoms with Gasteiger partial charge >= 0.3 is 5.97 Å². The molecule has 7 nitrogen and oxygen atoms in total. The third-order valence-electron chi connectivity index (χ3n) is 4.05. The first kappa shape index (κ1) is 20.2. The van der Waals surface area contributed by atoms with Gasteiger partial charge in [-0.1, -0.05) is 18.2 Å². The van der Waals surface area contributed by atoms with Crippen LogP contribution in [0.4, 0.5) is 15.8 Å². The van der Waals surface area contributed by atoms with Crippen LogP contribution >= 0.6 is 11.3 Å². The second-order valence-electron chi connectivity index (χ2n) is 6.00. The number of esters is 1. The summed E-state index contributed by atoms with van der Waals surface area (Å²) < 4.78 is 18.0. The van der Waals surface area contributed by atoms with Gasteiger partial charge in [0, 0.05) is 10.9 Å². The molecule has 0 atom stereocenters. The Morgan fingerprint density at radius 3 is 2.55 bits per heavy atom. The summed E-state index contributed by atoms with van der Waals surface area (Å²) in [6, 6.07) is 13.4. The number of ether oxygens (including phenoxy) is 1. The fourth-order valence-electron chi connectivity index (χ4n) is 2.56. The largest absolute Gasteiger partial charge is 0.451 e. The summed E-state index contributed by atoms with van der Waals surface area (Å²) in [5.41, 5.74) is 1.22. The van der Waals surface area contributed by atoms with Gasteiger partial charge in [-0.15, -0.1) is 11.3 Å². The van der Waals surface area contributed by atoms with Crippen molar-refractivity contribution in [3.05, 3.63) is 81.0 Å². The molecule has 9 heteroatoms. The van der Waals surface area contributed by atoms with Crippen LogP contribution in [0.25, 0.3) is 10.4 Å². The molecule has 0 spiro atoms.